The van der Waals surface area contributed by atoms with Crippen molar-refractivity contribution in [1.29, 1.82) is 0 Å². The number of carbonyl (C=O) groups excluding carboxylic acids is 1. The van der Waals surface area contributed by atoms with Crippen LogP contribution < -0.4 is 10.1 Å². The Kier molecular flexibility index (Phi) is 4.59. The maximum absolute atomic E-state index is 12.7. The molecule has 7 heteroatoms. The topological polar surface area (TPSA) is 41.6 Å². The number of nitrogens with zero attached hydrogens (tertiary/aromatic N) is 1. The smallest absolute Gasteiger partial charge is 0.393 e. The number of rotatable bonds is 2. The molecule has 1 aliphatic heterocycles. The Bertz CT molecular complexity index is 488. The van der Waals surface area contributed by atoms with E-state index in [1.54, 1.807) is 24.3 Å². The van der Waals surface area contributed by atoms with E-state index in [0.717, 1.165) is 0 Å². The number of halogens is 3. The molecule has 1 N–H and O–H groups in total. The molecule has 2 amide bonds. The van der Waals surface area contributed by atoms with E-state index >= 15 is 0 Å². The normalized spacial score (nSPS) is 19.2. The summed E-state index contributed by atoms with van der Waals surface area (Å²) in [6.45, 7) is 0.0556. The van der Waals surface area contributed by atoms with E-state index in [1.807, 2.05) is 0 Å². The second-order valence-electron chi connectivity index (χ2n) is 4.99. The third-order valence-corrected chi connectivity index (χ3v) is 3.51. The molecule has 0 radical (unpaired) electrons. The summed E-state index contributed by atoms with van der Waals surface area (Å²) >= 11 is 0. The fourth-order valence-corrected chi connectivity index (χ4v) is 2.31. The maximum Gasteiger partial charge on any atom is 0.393 e. The summed E-state index contributed by atoms with van der Waals surface area (Å²) in [5.41, 5.74) is 0.523. The molecule has 1 aromatic rings. The molecule has 1 aromatic carbocycles. The first-order valence-corrected chi connectivity index (χ1v) is 6.67. The van der Waals surface area contributed by atoms with Crippen molar-refractivity contribution >= 4 is 11.7 Å². The Morgan fingerprint density at radius 3 is 2.57 bits per heavy atom. The van der Waals surface area contributed by atoms with Crippen molar-refractivity contribution in [1.82, 2.24) is 4.90 Å². The van der Waals surface area contributed by atoms with Crippen LogP contribution in [0, 0.1) is 5.92 Å². The Hall–Kier alpha value is -1.92. The molecule has 0 aromatic heterocycles. The summed E-state index contributed by atoms with van der Waals surface area (Å²) in [4.78, 5) is 13.2. The first kappa shape index (κ1) is 15.5. The largest absolute Gasteiger partial charge is 0.497 e. The number of anilines is 1. The van der Waals surface area contributed by atoms with Crippen molar-refractivity contribution in [3.8, 4) is 5.75 Å². The number of methoxy groups -OCH3 is 1. The van der Waals surface area contributed by atoms with Gasteiger partial charge in [-0.05, 0) is 37.1 Å². The number of urea groups is 1. The highest BCUT2D eigenvalue weighted by molar-refractivity contribution is 5.89. The highest BCUT2D eigenvalue weighted by Gasteiger charge is 2.42. The van der Waals surface area contributed by atoms with Gasteiger partial charge in [-0.3, -0.25) is 0 Å². The number of ether oxygens (including phenoxy) is 1. The van der Waals surface area contributed by atoms with Gasteiger partial charge in [0.05, 0.1) is 13.0 Å². The standard InChI is InChI=1S/C14H17F3N2O2/c1-21-12-6-4-11(5-7-12)18-13(20)19-8-2-3-10(9-19)14(15,16)17/h4-7,10H,2-3,8-9H2,1H3,(H,18,20). The molecule has 2 rings (SSSR count). The molecule has 116 valence electrons. The van der Waals surface area contributed by atoms with Crippen molar-refractivity contribution in [2.45, 2.75) is 19.0 Å². The second kappa shape index (κ2) is 6.24. The van der Waals surface area contributed by atoms with Gasteiger partial charge in [0, 0.05) is 18.8 Å². The number of piperidine rings is 1. The van der Waals surface area contributed by atoms with E-state index in [9.17, 15) is 18.0 Å². The van der Waals surface area contributed by atoms with Gasteiger partial charge < -0.3 is 15.0 Å². The maximum atomic E-state index is 12.7. The van der Waals surface area contributed by atoms with Crippen LogP contribution in [0.5, 0.6) is 5.75 Å². The quantitative estimate of drug-likeness (QED) is 0.908. The number of likely N-dealkylation sites (tertiary alicyclic amines) is 1. The summed E-state index contributed by atoms with van der Waals surface area (Å²) in [7, 11) is 1.53. The number of carbonyl (C=O) groups is 1. The van der Waals surface area contributed by atoms with Crippen molar-refractivity contribution < 1.29 is 22.7 Å². The van der Waals surface area contributed by atoms with Crippen LogP contribution in [0.15, 0.2) is 24.3 Å². The monoisotopic (exact) mass is 302 g/mol. The van der Waals surface area contributed by atoms with Crippen molar-refractivity contribution in [2.24, 2.45) is 5.92 Å². The number of benzene rings is 1. The highest BCUT2D eigenvalue weighted by Crippen LogP contribution is 2.33. The van der Waals surface area contributed by atoms with Gasteiger partial charge in [-0.2, -0.15) is 13.2 Å². The van der Waals surface area contributed by atoms with E-state index in [2.05, 4.69) is 5.32 Å². The zero-order chi connectivity index (χ0) is 15.5. The summed E-state index contributed by atoms with van der Waals surface area (Å²) in [5, 5.41) is 2.60. The first-order valence-electron chi connectivity index (χ1n) is 6.67. The Morgan fingerprint density at radius 1 is 1.33 bits per heavy atom. The minimum Gasteiger partial charge on any atom is -0.497 e. The average molecular weight is 302 g/mol. The number of alkyl halides is 3. The summed E-state index contributed by atoms with van der Waals surface area (Å²) in [6, 6.07) is 6.12. The molecule has 0 spiro atoms. The minimum absolute atomic E-state index is 0.0792. The molecule has 1 atom stereocenters. The molecule has 1 unspecified atom stereocenters. The van der Waals surface area contributed by atoms with Crippen LogP contribution in [-0.4, -0.2) is 37.3 Å². The number of amides is 2. The molecule has 1 fully saturated rings. The summed E-state index contributed by atoms with van der Waals surface area (Å²) in [5.74, 6) is -0.795. The van der Waals surface area contributed by atoms with Crippen molar-refractivity contribution in [3.05, 3.63) is 24.3 Å². The van der Waals surface area contributed by atoms with Gasteiger partial charge in [0.25, 0.3) is 0 Å². The first-order chi connectivity index (χ1) is 9.90. The Morgan fingerprint density at radius 2 is 2.00 bits per heavy atom. The molecular weight excluding hydrogens is 285 g/mol. The lowest BCUT2D eigenvalue weighted by Gasteiger charge is -2.33. The van der Waals surface area contributed by atoms with Gasteiger partial charge in [0.15, 0.2) is 0 Å². The SMILES string of the molecule is COc1ccc(NC(=O)N2CCCC(C(F)(F)F)C2)cc1. The van der Waals surface area contributed by atoms with Crippen LogP contribution in [0.4, 0.5) is 23.7 Å². The van der Waals surface area contributed by atoms with Gasteiger partial charge in [-0.15, -0.1) is 0 Å². The fraction of sp³-hybridized carbons (Fsp3) is 0.500. The highest BCUT2D eigenvalue weighted by atomic mass is 19.4. The summed E-state index contributed by atoms with van der Waals surface area (Å²) < 4.78 is 43.1. The zero-order valence-electron chi connectivity index (χ0n) is 11.6. The lowest BCUT2D eigenvalue weighted by atomic mass is 9.98. The van der Waals surface area contributed by atoms with E-state index in [-0.39, 0.29) is 13.0 Å². The number of hydrogen-bond donors (Lipinski definition) is 1. The Labute approximate surface area is 120 Å². The fourth-order valence-electron chi connectivity index (χ4n) is 2.31. The van der Waals surface area contributed by atoms with Gasteiger partial charge >= 0.3 is 12.2 Å². The Balaban J connectivity index is 1.96. The molecule has 1 aliphatic rings. The predicted molar refractivity (Wildman–Crippen MR) is 72.4 cm³/mol. The van der Waals surface area contributed by atoms with Crippen LogP contribution in [0.2, 0.25) is 0 Å². The van der Waals surface area contributed by atoms with Gasteiger partial charge in [0.1, 0.15) is 5.75 Å². The third kappa shape index (κ3) is 4.03. The average Bonchev–Trinajstić information content (AvgIpc) is 2.47. The molecule has 21 heavy (non-hydrogen) atoms. The molecule has 0 saturated carbocycles. The molecule has 4 nitrogen and oxygen atoms in total. The molecule has 0 aliphatic carbocycles. The molecular formula is C14H17F3N2O2. The summed E-state index contributed by atoms with van der Waals surface area (Å²) in [6.07, 6.45) is -3.81. The van der Waals surface area contributed by atoms with E-state index in [4.69, 9.17) is 4.74 Å². The van der Waals surface area contributed by atoms with Crippen LogP contribution in [0.3, 0.4) is 0 Å². The van der Waals surface area contributed by atoms with Crippen molar-refractivity contribution in [2.75, 3.05) is 25.5 Å². The van der Waals surface area contributed by atoms with E-state index in [0.29, 0.717) is 24.4 Å². The second-order valence-corrected chi connectivity index (χ2v) is 4.99. The zero-order valence-corrected chi connectivity index (χ0v) is 11.6. The molecule has 0 bridgehead atoms. The van der Waals surface area contributed by atoms with Crippen LogP contribution >= 0.6 is 0 Å². The third-order valence-electron chi connectivity index (χ3n) is 3.51. The van der Waals surface area contributed by atoms with Gasteiger partial charge in [0.2, 0.25) is 0 Å². The van der Waals surface area contributed by atoms with Gasteiger partial charge in [-0.1, -0.05) is 0 Å². The number of nitrogens with one attached hydrogen (secondary N) is 1. The minimum atomic E-state index is -4.25. The van der Waals surface area contributed by atoms with E-state index < -0.39 is 18.1 Å². The predicted octanol–water partition coefficient (Wildman–Crippen LogP) is 3.50. The van der Waals surface area contributed by atoms with E-state index in [1.165, 1.54) is 12.0 Å². The number of hydrogen-bond acceptors (Lipinski definition) is 2. The lowest BCUT2D eigenvalue weighted by molar-refractivity contribution is -0.183. The van der Waals surface area contributed by atoms with Crippen molar-refractivity contribution in [3.63, 3.8) is 0 Å². The van der Waals surface area contributed by atoms with Crippen LogP contribution in [0.25, 0.3) is 0 Å². The molecule has 1 heterocycles. The van der Waals surface area contributed by atoms with Crippen LogP contribution in [0.1, 0.15) is 12.8 Å². The lowest BCUT2D eigenvalue weighted by Crippen LogP contribution is -2.46. The van der Waals surface area contributed by atoms with Crippen LogP contribution in [-0.2, 0) is 0 Å². The molecule has 1 saturated heterocycles. The van der Waals surface area contributed by atoms with Gasteiger partial charge in [-0.25, -0.2) is 4.79 Å².